The minimum atomic E-state index is -0.751. The largest absolute Gasteiger partial charge is 0.332 e. The highest BCUT2D eigenvalue weighted by atomic mass is 127. The van der Waals surface area contributed by atoms with Gasteiger partial charge in [-0.25, -0.2) is 8.78 Å². The van der Waals surface area contributed by atoms with Crippen molar-refractivity contribution in [3.8, 4) is 0 Å². The highest BCUT2D eigenvalue weighted by molar-refractivity contribution is 14.1. The van der Waals surface area contributed by atoms with Crippen LogP contribution in [0.3, 0.4) is 0 Å². The third-order valence-electron chi connectivity index (χ3n) is 2.73. The van der Waals surface area contributed by atoms with Gasteiger partial charge in [0.1, 0.15) is 11.6 Å². The molecule has 22 heavy (non-hydrogen) atoms. The molecule has 0 bridgehead atoms. The molecule has 0 spiro atoms. The van der Waals surface area contributed by atoms with Gasteiger partial charge in [0.2, 0.25) is 5.91 Å². The van der Waals surface area contributed by atoms with Crippen LogP contribution < -0.4 is 5.32 Å². The van der Waals surface area contributed by atoms with Crippen molar-refractivity contribution >= 4 is 51.4 Å². The van der Waals surface area contributed by atoms with Crippen molar-refractivity contribution in [3.63, 3.8) is 0 Å². The minimum absolute atomic E-state index is 0.0115. The topological polar surface area (TPSA) is 49.4 Å². The van der Waals surface area contributed by atoms with Crippen LogP contribution >= 0.6 is 33.9 Å². The molecule has 1 N–H and O–H groups in total. The SMILES string of the molecule is CN(CC(=O)Nc1cc(F)c(I)c(F)c1)C(=O)c1cccs1. The van der Waals surface area contributed by atoms with Crippen molar-refractivity contribution in [3.05, 3.63) is 49.7 Å². The summed E-state index contributed by atoms with van der Waals surface area (Å²) in [7, 11) is 1.48. The third-order valence-corrected chi connectivity index (χ3v) is 4.62. The molecule has 0 aliphatic carbocycles. The van der Waals surface area contributed by atoms with Gasteiger partial charge in [-0.3, -0.25) is 9.59 Å². The predicted molar refractivity (Wildman–Crippen MR) is 89.0 cm³/mol. The standard InChI is InChI=1S/C14H11F2IN2O2S/c1-19(14(21)11-3-2-4-22-11)7-12(20)18-8-5-9(15)13(17)10(16)6-8/h2-6H,7H2,1H3,(H,18,20). The number of nitrogens with zero attached hydrogens (tertiary/aromatic N) is 1. The number of nitrogens with one attached hydrogen (secondary N) is 1. The van der Waals surface area contributed by atoms with Gasteiger partial charge in [0.25, 0.3) is 5.91 Å². The lowest BCUT2D eigenvalue weighted by molar-refractivity contribution is -0.116. The third kappa shape index (κ3) is 4.01. The van der Waals surface area contributed by atoms with Crippen LogP contribution in [0.25, 0.3) is 0 Å². The molecule has 0 saturated carbocycles. The first kappa shape index (κ1) is 16.8. The first-order valence-corrected chi connectivity index (χ1v) is 8.07. The lowest BCUT2D eigenvalue weighted by atomic mass is 10.3. The molecule has 2 aromatic rings. The second kappa shape index (κ2) is 7.14. The molecule has 116 valence electrons. The van der Waals surface area contributed by atoms with Gasteiger partial charge in [-0.05, 0) is 46.2 Å². The number of halogens is 3. The zero-order chi connectivity index (χ0) is 16.3. The van der Waals surface area contributed by atoms with E-state index in [1.807, 2.05) is 0 Å². The lowest BCUT2D eigenvalue weighted by Crippen LogP contribution is -2.34. The summed E-state index contributed by atoms with van der Waals surface area (Å²) >= 11 is 2.81. The number of benzene rings is 1. The van der Waals surface area contributed by atoms with E-state index in [2.05, 4.69) is 5.32 Å². The average molecular weight is 436 g/mol. The highest BCUT2D eigenvalue weighted by Gasteiger charge is 2.16. The van der Waals surface area contributed by atoms with Crippen molar-refractivity contribution in [1.82, 2.24) is 4.90 Å². The van der Waals surface area contributed by atoms with Crippen LogP contribution in [-0.2, 0) is 4.79 Å². The van der Waals surface area contributed by atoms with E-state index in [0.29, 0.717) is 4.88 Å². The summed E-state index contributed by atoms with van der Waals surface area (Å²) in [6.45, 7) is -0.216. The smallest absolute Gasteiger partial charge is 0.264 e. The van der Waals surface area contributed by atoms with E-state index < -0.39 is 17.5 Å². The van der Waals surface area contributed by atoms with E-state index in [0.717, 1.165) is 12.1 Å². The minimum Gasteiger partial charge on any atom is -0.332 e. The van der Waals surface area contributed by atoms with Crippen molar-refractivity contribution in [2.45, 2.75) is 0 Å². The molecule has 1 heterocycles. The Morgan fingerprint density at radius 3 is 2.50 bits per heavy atom. The summed E-state index contributed by atoms with van der Waals surface area (Å²) in [5, 5.41) is 4.13. The Kier molecular flexibility index (Phi) is 5.46. The molecule has 0 radical (unpaired) electrons. The number of rotatable bonds is 4. The number of amides is 2. The van der Waals surface area contributed by atoms with Crippen LogP contribution in [0.4, 0.5) is 14.5 Å². The zero-order valence-electron chi connectivity index (χ0n) is 11.4. The summed E-state index contributed by atoms with van der Waals surface area (Å²) in [6, 6.07) is 5.46. The fourth-order valence-corrected chi connectivity index (χ4v) is 2.73. The normalized spacial score (nSPS) is 10.4. The highest BCUT2D eigenvalue weighted by Crippen LogP contribution is 2.20. The second-order valence-corrected chi connectivity index (χ2v) is 6.47. The maximum atomic E-state index is 13.4. The Balaban J connectivity index is 2.00. The van der Waals surface area contributed by atoms with Crippen LogP contribution in [0.2, 0.25) is 0 Å². The summed E-state index contributed by atoms with van der Waals surface area (Å²) in [5.41, 5.74) is 0.0115. The number of likely N-dealkylation sites (N-methyl/N-ethyl adjacent to an activating group) is 1. The molecule has 0 unspecified atom stereocenters. The van der Waals surface area contributed by atoms with Gasteiger partial charge in [-0.15, -0.1) is 11.3 Å². The van der Waals surface area contributed by atoms with Crippen molar-refractivity contribution < 1.29 is 18.4 Å². The van der Waals surface area contributed by atoms with Gasteiger partial charge >= 0.3 is 0 Å². The maximum Gasteiger partial charge on any atom is 0.264 e. The van der Waals surface area contributed by atoms with Crippen LogP contribution in [0.1, 0.15) is 9.67 Å². The molecule has 4 nitrogen and oxygen atoms in total. The number of hydrogen-bond acceptors (Lipinski definition) is 3. The Morgan fingerprint density at radius 1 is 1.32 bits per heavy atom. The Bertz CT molecular complexity index is 684. The number of hydrogen-bond donors (Lipinski definition) is 1. The number of carbonyl (C=O) groups is 2. The molecule has 0 atom stereocenters. The summed E-state index contributed by atoms with van der Waals surface area (Å²) < 4.78 is 26.7. The predicted octanol–water partition coefficient (Wildman–Crippen LogP) is 3.34. The lowest BCUT2D eigenvalue weighted by Gasteiger charge is -2.16. The zero-order valence-corrected chi connectivity index (χ0v) is 14.4. The molecule has 0 saturated heterocycles. The van der Waals surface area contributed by atoms with Crippen molar-refractivity contribution in [1.29, 1.82) is 0 Å². The van der Waals surface area contributed by atoms with Gasteiger partial charge in [-0.1, -0.05) is 6.07 Å². The summed E-state index contributed by atoms with van der Waals surface area (Å²) in [6.07, 6.45) is 0. The number of anilines is 1. The van der Waals surface area contributed by atoms with Crippen LogP contribution in [0.15, 0.2) is 29.6 Å². The van der Waals surface area contributed by atoms with E-state index >= 15 is 0 Å². The molecule has 1 aromatic heterocycles. The molecule has 0 aliphatic rings. The fourth-order valence-electron chi connectivity index (χ4n) is 1.70. The molecule has 2 rings (SSSR count). The van der Waals surface area contributed by atoms with E-state index in [1.54, 1.807) is 17.5 Å². The van der Waals surface area contributed by atoms with E-state index in [1.165, 1.54) is 45.9 Å². The van der Waals surface area contributed by atoms with Crippen molar-refractivity contribution in [2.24, 2.45) is 0 Å². The Labute approximate surface area is 143 Å². The van der Waals surface area contributed by atoms with Gasteiger partial charge in [-0.2, -0.15) is 0 Å². The maximum absolute atomic E-state index is 13.4. The quantitative estimate of drug-likeness (QED) is 0.591. The monoisotopic (exact) mass is 436 g/mol. The average Bonchev–Trinajstić information content (AvgIpc) is 2.97. The molecular formula is C14H11F2IN2O2S. The Hall–Kier alpha value is -1.55. The van der Waals surface area contributed by atoms with Crippen LogP contribution in [0, 0.1) is 15.2 Å². The van der Waals surface area contributed by atoms with Gasteiger partial charge in [0.15, 0.2) is 0 Å². The van der Waals surface area contributed by atoms with Crippen LogP contribution in [-0.4, -0.2) is 30.3 Å². The molecule has 0 aliphatic heterocycles. The molecule has 0 fully saturated rings. The number of thiophene rings is 1. The van der Waals surface area contributed by atoms with E-state index in [-0.39, 0.29) is 21.7 Å². The molecule has 1 aromatic carbocycles. The first-order valence-electron chi connectivity index (χ1n) is 6.12. The van der Waals surface area contributed by atoms with Gasteiger partial charge < -0.3 is 10.2 Å². The summed E-state index contributed by atoms with van der Waals surface area (Å²) in [4.78, 5) is 25.6. The second-order valence-electron chi connectivity index (χ2n) is 4.44. The fraction of sp³-hybridized carbons (Fsp3) is 0.143. The molecular weight excluding hydrogens is 425 g/mol. The van der Waals surface area contributed by atoms with Gasteiger partial charge in [0.05, 0.1) is 15.0 Å². The van der Waals surface area contributed by atoms with Crippen molar-refractivity contribution in [2.75, 3.05) is 18.9 Å². The number of carbonyl (C=O) groups excluding carboxylic acids is 2. The Morgan fingerprint density at radius 2 is 1.95 bits per heavy atom. The summed E-state index contributed by atoms with van der Waals surface area (Å²) in [5.74, 6) is -2.32. The molecule has 8 heteroatoms. The van der Waals surface area contributed by atoms with E-state index in [4.69, 9.17) is 0 Å². The molecule has 2 amide bonds. The van der Waals surface area contributed by atoms with Gasteiger partial charge in [0, 0.05) is 12.7 Å². The van der Waals surface area contributed by atoms with Crippen LogP contribution in [0.5, 0.6) is 0 Å². The van der Waals surface area contributed by atoms with E-state index in [9.17, 15) is 18.4 Å². The first-order chi connectivity index (χ1) is 10.4.